The summed E-state index contributed by atoms with van der Waals surface area (Å²) in [4.78, 5) is 0. The molecule has 0 saturated heterocycles. The minimum Gasteiger partial charge on any atom is -1.00 e. The minimum atomic E-state index is 0. The number of hydrogen-bond donors (Lipinski definition) is 0. The predicted molar refractivity (Wildman–Crippen MR) is 41.4 cm³/mol. The summed E-state index contributed by atoms with van der Waals surface area (Å²) in [6.07, 6.45) is 11.8. The summed E-state index contributed by atoms with van der Waals surface area (Å²) >= 11 is 0. The molecule has 0 radical (unpaired) electrons. The second-order valence-corrected chi connectivity index (χ2v) is 2.56. The molecule has 60 valence electrons. The minimum absolute atomic E-state index is 0. The molecule has 0 aromatic carbocycles. The van der Waals surface area contributed by atoms with Gasteiger partial charge in [0, 0.05) is 0 Å². The van der Waals surface area contributed by atoms with Crippen molar-refractivity contribution < 1.29 is 38.6 Å². The van der Waals surface area contributed by atoms with Gasteiger partial charge in [0.25, 0.3) is 0 Å². The number of rotatable bonds is 3. The predicted octanol–water partition coefficient (Wildman–Crippen LogP) is 0.0644. The molecule has 2 heteroatoms. The van der Waals surface area contributed by atoms with E-state index in [1.54, 1.807) is 5.57 Å². The Hall–Kier alpha value is 0.653. The van der Waals surface area contributed by atoms with Crippen LogP contribution in [0.25, 0.3) is 0 Å². The Bertz CT molecular complexity index is 138. The Morgan fingerprint density at radius 2 is 2.18 bits per heavy atom. The number of hydrogen-bond acceptors (Lipinski definition) is 0. The van der Waals surface area contributed by atoms with E-state index in [2.05, 4.69) is 25.2 Å². The molecular formula is C9H14ClZr+. The van der Waals surface area contributed by atoms with Gasteiger partial charge in [-0.05, 0) is 19.3 Å². The molecule has 0 amide bonds. The van der Waals surface area contributed by atoms with E-state index in [1.807, 2.05) is 0 Å². The molecular weight excluding hydrogens is 235 g/mol. The summed E-state index contributed by atoms with van der Waals surface area (Å²) in [6.45, 7) is 2.24. The average molecular weight is 249 g/mol. The molecule has 0 saturated carbocycles. The molecule has 1 aliphatic rings. The van der Waals surface area contributed by atoms with Crippen LogP contribution in [0.4, 0.5) is 0 Å². The quantitative estimate of drug-likeness (QED) is 0.663. The molecule has 0 bridgehead atoms. The van der Waals surface area contributed by atoms with E-state index >= 15 is 0 Å². The third-order valence-electron chi connectivity index (χ3n) is 1.70. The molecule has 11 heavy (non-hydrogen) atoms. The van der Waals surface area contributed by atoms with E-state index < -0.39 is 0 Å². The van der Waals surface area contributed by atoms with Gasteiger partial charge >= 0.3 is 26.2 Å². The van der Waals surface area contributed by atoms with E-state index in [9.17, 15) is 0 Å². The van der Waals surface area contributed by atoms with Crippen molar-refractivity contribution in [3.05, 3.63) is 23.8 Å². The van der Waals surface area contributed by atoms with Crippen molar-refractivity contribution in [3.63, 3.8) is 0 Å². The summed E-state index contributed by atoms with van der Waals surface area (Å²) in [5, 5.41) is 0. The number of allylic oxidation sites excluding steroid dienone is 4. The maximum absolute atomic E-state index is 2.25. The molecule has 0 spiro atoms. The van der Waals surface area contributed by atoms with Crippen LogP contribution in [0.1, 0.15) is 32.6 Å². The van der Waals surface area contributed by atoms with Crippen molar-refractivity contribution in [3.8, 4) is 0 Å². The second-order valence-electron chi connectivity index (χ2n) is 2.56. The third kappa shape index (κ3) is 5.87. The van der Waals surface area contributed by atoms with Crippen LogP contribution in [-0.4, -0.2) is 0 Å². The monoisotopic (exact) mass is 247 g/mol. The molecule has 0 aromatic heterocycles. The van der Waals surface area contributed by atoms with Crippen LogP contribution in [0.3, 0.4) is 0 Å². The van der Waals surface area contributed by atoms with Gasteiger partial charge in [-0.3, -0.25) is 0 Å². The first-order valence-electron chi connectivity index (χ1n) is 3.78. The zero-order valence-electron chi connectivity index (χ0n) is 6.94. The Morgan fingerprint density at radius 3 is 2.64 bits per heavy atom. The first-order valence-corrected chi connectivity index (χ1v) is 3.78. The van der Waals surface area contributed by atoms with E-state index in [4.69, 9.17) is 0 Å². The molecule has 0 aromatic rings. The number of unbranched alkanes of at least 4 members (excludes halogenated alkanes) is 1. The molecule has 1 aliphatic carbocycles. The van der Waals surface area contributed by atoms with Crippen LogP contribution in [0.15, 0.2) is 23.8 Å². The molecule has 0 atom stereocenters. The van der Waals surface area contributed by atoms with Gasteiger partial charge in [-0.1, -0.05) is 37.1 Å². The zero-order chi connectivity index (χ0) is 6.53. The van der Waals surface area contributed by atoms with Crippen LogP contribution < -0.4 is 12.4 Å². The zero-order valence-corrected chi connectivity index (χ0v) is 10.2. The third-order valence-corrected chi connectivity index (χ3v) is 1.70. The summed E-state index contributed by atoms with van der Waals surface area (Å²) in [5.41, 5.74) is 1.61. The SMILES string of the molecule is CCCCC1=CC=CC1.[Cl-].[Zr+2]. The van der Waals surface area contributed by atoms with Crippen LogP contribution in [0.5, 0.6) is 0 Å². The molecule has 0 N–H and O–H groups in total. The van der Waals surface area contributed by atoms with Gasteiger partial charge in [0.05, 0.1) is 0 Å². The summed E-state index contributed by atoms with van der Waals surface area (Å²) in [5.74, 6) is 0. The summed E-state index contributed by atoms with van der Waals surface area (Å²) in [7, 11) is 0. The Labute approximate surface area is 94.7 Å². The molecule has 1 rings (SSSR count). The second kappa shape index (κ2) is 8.75. The van der Waals surface area contributed by atoms with Crippen LogP contribution in [0, 0.1) is 0 Å². The van der Waals surface area contributed by atoms with Crippen molar-refractivity contribution in [2.45, 2.75) is 32.6 Å². The van der Waals surface area contributed by atoms with Crippen LogP contribution >= 0.6 is 0 Å². The van der Waals surface area contributed by atoms with Crippen LogP contribution in [-0.2, 0) is 26.2 Å². The normalized spacial score (nSPS) is 13.4. The summed E-state index contributed by atoms with van der Waals surface area (Å²) < 4.78 is 0. The van der Waals surface area contributed by atoms with Gasteiger partial charge in [0.1, 0.15) is 0 Å². The van der Waals surface area contributed by atoms with Gasteiger partial charge in [-0.25, -0.2) is 0 Å². The van der Waals surface area contributed by atoms with Crippen molar-refractivity contribution in [2.24, 2.45) is 0 Å². The standard InChI is InChI=1S/C9H14.ClH.Zr/c1-2-3-6-9-7-4-5-8-9;;/h4-5,7H,2-3,6,8H2,1H3;1H;/q;;+2/p-1. The average Bonchev–Trinajstić information content (AvgIpc) is 2.34. The first kappa shape index (κ1) is 14.2. The van der Waals surface area contributed by atoms with Crippen LogP contribution in [0.2, 0.25) is 0 Å². The summed E-state index contributed by atoms with van der Waals surface area (Å²) in [6, 6.07) is 0. The molecule has 0 heterocycles. The van der Waals surface area contributed by atoms with Crippen molar-refractivity contribution in [2.75, 3.05) is 0 Å². The molecule has 0 nitrogen and oxygen atoms in total. The van der Waals surface area contributed by atoms with Crippen molar-refractivity contribution in [1.29, 1.82) is 0 Å². The van der Waals surface area contributed by atoms with E-state index in [0.717, 1.165) is 0 Å². The largest absolute Gasteiger partial charge is 2.00 e. The Balaban J connectivity index is 0. The smallest absolute Gasteiger partial charge is 1.00 e. The fraction of sp³-hybridized carbons (Fsp3) is 0.556. The molecule has 0 fully saturated rings. The van der Waals surface area contributed by atoms with E-state index in [1.165, 1.54) is 25.7 Å². The maximum atomic E-state index is 2.25. The van der Waals surface area contributed by atoms with Gasteiger partial charge in [-0.15, -0.1) is 0 Å². The fourth-order valence-corrected chi connectivity index (χ4v) is 1.08. The number of halogens is 1. The maximum Gasteiger partial charge on any atom is 2.00 e. The molecule has 0 aliphatic heterocycles. The van der Waals surface area contributed by atoms with Gasteiger partial charge in [0.15, 0.2) is 0 Å². The van der Waals surface area contributed by atoms with Crippen molar-refractivity contribution in [1.82, 2.24) is 0 Å². The Kier molecular flexibility index (Phi) is 11.3. The van der Waals surface area contributed by atoms with Gasteiger partial charge < -0.3 is 12.4 Å². The van der Waals surface area contributed by atoms with Gasteiger partial charge in [-0.2, -0.15) is 0 Å². The molecule has 0 unspecified atom stereocenters. The topological polar surface area (TPSA) is 0 Å². The first-order chi connectivity index (χ1) is 4.43. The Morgan fingerprint density at radius 1 is 1.45 bits per heavy atom. The van der Waals surface area contributed by atoms with E-state index in [0.29, 0.717) is 0 Å². The fourth-order valence-electron chi connectivity index (χ4n) is 1.08. The van der Waals surface area contributed by atoms with Crippen molar-refractivity contribution >= 4 is 0 Å². The van der Waals surface area contributed by atoms with E-state index in [-0.39, 0.29) is 38.6 Å². The van der Waals surface area contributed by atoms with Gasteiger partial charge in [0.2, 0.25) is 0 Å².